The molecule has 1 aliphatic rings. The largest absolute Gasteiger partial charge is 0.397 e. The molecule has 1 aliphatic heterocycles. The molecule has 0 bridgehead atoms. The summed E-state index contributed by atoms with van der Waals surface area (Å²) >= 11 is 5.86. The molecule has 1 aromatic rings. The van der Waals surface area contributed by atoms with E-state index in [0.29, 0.717) is 16.4 Å². The minimum atomic E-state index is -0.675. The first-order chi connectivity index (χ1) is 7.83. The van der Waals surface area contributed by atoms with E-state index in [2.05, 4.69) is 0 Å². The number of carbonyl (C=O) groups excluding carboxylic acids is 2. The van der Waals surface area contributed by atoms with Crippen molar-refractivity contribution in [2.75, 3.05) is 10.6 Å². The van der Waals surface area contributed by atoms with Crippen LogP contribution in [-0.4, -0.2) is 11.8 Å². The van der Waals surface area contributed by atoms with Gasteiger partial charge in [-0.15, -0.1) is 0 Å². The summed E-state index contributed by atoms with van der Waals surface area (Å²) in [6.45, 7) is 3.49. The molecule has 0 atom stereocenters. The quantitative estimate of drug-likeness (QED) is 0.616. The van der Waals surface area contributed by atoms with Crippen molar-refractivity contribution in [3.63, 3.8) is 0 Å². The van der Waals surface area contributed by atoms with Crippen LogP contribution < -0.4 is 10.6 Å². The Bertz CT molecular complexity index is 511. The summed E-state index contributed by atoms with van der Waals surface area (Å²) in [5.74, 6) is -0.481. The Morgan fingerprint density at radius 2 is 2.00 bits per heavy atom. The van der Waals surface area contributed by atoms with Gasteiger partial charge in [0.25, 0.3) is 0 Å². The van der Waals surface area contributed by atoms with Crippen LogP contribution in [0, 0.1) is 5.41 Å². The lowest BCUT2D eigenvalue weighted by Gasteiger charge is -2.19. The number of hydrogen-bond donors (Lipinski definition) is 1. The van der Waals surface area contributed by atoms with E-state index in [0.717, 1.165) is 4.90 Å². The first-order valence-electron chi connectivity index (χ1n) is 5.25. The molecule has 1 saturated heterocycles. The van der Waals surface area contributed by atoms with Crippen molar-refractivity contribution in [2.45, 2.75) is 20.3 Å². The summed E-state index contributed by atoms with van der Waals surface area (Å²) in [5.41, 5.74) is 5.85. The molecule has 17 heavy (non-hydrogen) atoms. The van der Waals surface area contributed by atoms with Gasteiger partial charge in [-0.25, -0.2) is 4.90 Å². The second-order valence-corrected chi connectivity index (χ2v) is 5.23. The molecule has 0 aliphatic carbocycles. The normalized spacial score (nSPS) is 18.9. The zero-order valence-electron chi connectivity index (χ0n) is 9.66. The van der Waals surface area contributed by atoms with Crippen LogP contribution in [0.15, 0.2) is 18.2 Å². The maximum absolute atomic E-state index is 12.1. The van der Waals surface area contributed by atoms with Gasteiger partial charge < -0.3 is 5.73 Å². The molecule has 1 fully saturated rings. The van der Waals surface area contributed by atoms with Gasteiger partial charge in [-0.2, -0.15) is 0 Å². The molecule has 0 unspecified atom stereocenters. The minimum absolute atomic E-state index is 0.192. The molecule has 4 nitrogen and oxygen atoms in total. The van der Waals surface area contributed by atoms with Crippen molar-refractivity contribution >= 4 is 34.8 Å². The van der Waals surface area contributed by atoms with E-state index in [1.807, 2.05) is 0 Å². The molecular formula is C12H13ClN2O2. The van der Waals surface area contributed by atoms with Crippen molar-refractivity contribution in [1.82, 2.24) is 0 Å². The van der Waals surface area contributed by atoms with E-state index in [-0.39, 0.29) is 18.2 Å². The molecule has 1 heterocycles. The lowest BCUT2D eigenvalue weighted by atomic mass is 9.92. The Morgan fingerprint density at radius 1 is 1.35 bits per heavy atom. The van der Waals surface area contributed by atoms with E-state index in [1.54, 1.807) is 26.0 Å². The molecule has 1 aromatic carbocycles. The zero-order chi connectivity index (χ0) is 12.8. The van der Waals surface area contributed by atoms with Gasteiger partial charge in [0.05, 0.1) is 16.8 Å². The van der Waals surface area contributed by atoms with Gasteiger partial charge in [0.15, 0.2) is 0 Å². The van der Waals surface area contributed by atoms with E-state index in [1.165, 1.54) is 6.07 Å². The number of hydrogen-bond acceptors (Lipinski definition) is 3. The van der Waals surface area contributed by atoms with Crippen LogP contribution in [0.1, 0.15) is 20.3 Å². The maximum Gasteiger partial charge on any atom is 0.240 e. The molecule has 0 radical (unpaired) electrons. The smallest absolute Gasteiger partial charge is 0.240 e. The van der Waals surface area contributed by atoms with Gasteiger partial charge in [-0.1, -0.05) is 25.4 Å². The number of amides is 2. The summed E-state index contributed by atoms with van der Waals surface area (Å²) in [7, 11) is 0. The predicted octanol–water partition coefficient (Wildman–Crippen LogP) is 2.21. The molecule has 0 aromatic heterocycles. The second-order valence-electron chi connectivity index (χ2n) is 4.80. The standard InChI is InChI=1S/C12H13ClN2O2/c1-12(2)6-10(16)15(11(12)17)9-5-7(13)3-4-8(9)14/h3-5H,6,14H2,1-2H3. The van der Waals surface area contributed by atoms with E-state index in [4.69, 9.17) is 17.3 Å². The average Bonchev–Trinajstić information content (AvgIpc) is 2.41. The lowest BCUT2D eigenvalue weighted by Crippen LogP contribution is -2.33. The highest BCUT2D eigenvalue weighted by atomic mass is 35.5. The fourth-order valence-corrected chi connectivity index (χ4v) is 2.07. The van der Waals surface area contributed by atoms with E-state index < -0.39 is 5.41 Å². The van der Waals surface area contributed by atoms with Gasteiger partial charge in [0.1, 0.15) is 0 Å². The Labute approximate surface area is 104 Å². The van der Waals surface area contributed by atoms with Crippen LogP contribution in [-0.2, 0) is 9.59 Å². The summed E-state index contributed by atoms with van der Waals surface area (Å²) in [5, 5.41) is 0.444. The van der Waals surface area contributed by atoms with Crippen LogP contribution in [0.2, 0.25) is 5.02 Å². The van der Waals surface area contributed by atoms with E-state index >= 15 is 0 Å². The molecule has 2 N–H and O–H groups in total. The highest BCUT2D eigenvalue weighted by Gasteiger charge is 2.46. The summed E-state index contributed by atoms with van der Waals surface area (Å²) < 4.78 is 0. The number of benzene rings is 1. The SMILES string of the molecule is CC1(C)CC(=O)N(c2cc(Cl)ccc2N)C1=O. The van der Waals surface area contributed by atoms with Crippen molar-refractivity contribution in [1.29, 1.82) is 0 Å². The second kappa shape index (κ2) is 3.74. The molecule has 0 saturated carbocycles. The van der Waals surface area contributed by atoms with Gasteiger partial charge >= 0.3 is 0 Å². The molecule has 2 rings (SSSR count). The number of carbonyl (C=O) groups is 2. The van der Waals surface area contributed by atoms with Crippen LogP contribution >= 0.6 is 11.6 Å². The molecular weight excluding hydrogens is 240 g/mol. The lowest BCUT2D eigenvalue weighted by molar-refractivity contribution is -0.124. The predicted molar refractivity (Wildman–Crippen MR) is 66.8 cm³/mol. The number of nitrogen functional groups attached to an aromatic ring is 1. The molecule has 90 valence electrons. The number of imide groups is 1. The van der Waals surface area contributed by atoms with Crippen LogP contribution in [0.25, 0.3) is 0 Å². The third-order valence-corrected chi connectivity index (χ3v) is 3.09. The summed E-state index contributed by atoms with van der Waals surface area (Å²) in [6, 6.07) is 4.74. The fraction of sp³-hybridized carbons (Fsp3) is 0.333. The number of nitrogens with zero attached hydrogens (tertiary/aromatic N) is 1. The molecule has 2 amide bonds. The minimum Gasteiger partial charge on any atom is -0.397 e. The van der Waals surface area contributed by atoms with Gasteiger partial charge in [-0.05, 0) is 18.2 Å². The van der Waals surface area contributed by atoms with Crippen LogP contribution in [0.5, 0.6) is 0 Å². The number of anilines is 2. The van der Waals surface area contributed by atoms with Crippen molar-refractivity contribution in [3.05, 3.63) is 23.2 Å². The Kier molecular flexibility index (Phi) is 2.62. The number of rotatable bonds is 1. The molecule has 0 spiro atoms. The first kappa shape index (κ1) is 11.9. The fourth-order valence-electron chi connectivity index (χ4n) is 1.90. The highest BCUT2D eigenvalue weighted by molar-refractivity contribution is 6.31. The Hall–Kier alpha value is -1.55. The van der Waals surface area contributed by atoms with Crippen LogP contribution in [0.3, 0.4) is 0 Å². The van der Waals surface area contributed by atoms with Gasteiger partial charge in [-0.3, -0.25) is 9.59 Å². The monoisotopic (exact) mass is 252 g/mol. The zero-order valence-corrected chi connectivity index (χ0v) is 10.4. The van der Waals surface area contributed by atoms with Crippen molar-refractivity contribution < 1.29 is 9.59 Å². The molecule has 5 heteroatoms. The number of halogens is 1. The Morgan fingerprint density at radius 3 is 2.53 bits per heavy atom. The topological polar surface area (TPSA) is 63.4 Å². The third-order valence-electron chi connectivity index (χ3n) is 2.86. The third kappa shape index (κ3) is 1.89. The summed E-state index contributed by atoms with van der Waals surface area (Å²) in [4.78, 5) is 25.1. The Balaban J connectivity index is 2.51. The number of nitrogens with two attached hydrogens (primary N) is 1. The average molecular weight is 253 g/mol. The van der Waals surface area contributed by atoms with Crippen LogP contribution in [0.4, 0.5) is 11.4 Å². The van der Waals surface area contributed by atoms with Crippen molar-refractivity contribution in [3.8, 4) is 0 Å². The van der Waals surface area contributed by atoms with Crippen molar-refractivity contribution in [2.24, 2.45) is 5.41 Å². The van der Waals surface area contributed by atoms with E-state index in [9.17, 15) is 9.59 Å². The van der Waals surface area contributed by atoms with Gasteiger partial charge in [0.2, 0.25) is 11.8 Å². The summed E-state index contributed by atoms with van der Waals surface area (Å²) in [6.07, 6.45) is 0.192. The first-order valence-corrected chi connectivity index (χ1v) is 5.63. The maximum atomic E-state index is 12.1. The van der Waals surface area contributed by atoms with Gasteiger partial charge in [0, 0.05) is 11.4 Å². The highest BCUT2D eigenvalue weighted by Crippen LogP contribution is 2.38.